The van der Waals surface area contributed by atoms with Crippen molar-refractivity contribution in [2.24, 2.45) is 4.99 Å². The summed E-state index contributed by atoms with van der Waals surface area (Å²) < 4.78 is 1.15. The first-order valence-electron chi connectivity index (χ1n) is 10.5. The molecule has 3 aromatic rings. The Morgan fingerprint density at radius 1 is 1.24 bits per heavy atom. The van der Waals surface area contributed by atoms with Gasteiger partial charge in [-0.05, 0) is 24.1 Å². The van der Waals surface area contributed by atoms with E-state index in [-0.39, 0.29) is 29.5 Å². The summed E-state index contributed by atoms with van der Waals surface area (Å²) in [5.41, 5.74) is 0.161. The Morgan fingerprint density at radius 2 is 2.03 bits per heavy atom. The summed E-state index contributed by atoms with van der Waals surface area (Å²) in [6.45, 7) is 2.22. The number of nitro benzene ring substituents is 1. The molecule has 1 aliphatic heterocycles. The predicted octanol–water partition coefficient (Wildman–Crippen LogP) is 4.31. The lowest BCUT2D eigenvalue weighted by atomic mass is 10.0. The molecule has 1 atom stereocenters. The van der Waals surface area contributed by atoms with Gasteiger partial charge in [0.25, 0.3) is 11.2 Å². The number of unbranched alkanes of at least 4 members (excludes halogenated alkanes) is 1. The van der Waals surface area contributed by atoms with E-state index in [1.165, 1.54) is 23.9 Å². The van der Waals surface area contributed by atoms with Crippen LogP contribution in [0, 0.1) is 10.1 Å². The highest BCUT2D eigenvalue weighted by molar-refractivity contribution is 7.99. The first-order valence-corrected chi connectivity index (χ1v) is 11.4. The number of aromatic amines is 1. The highest BCUT2D eigenvalue weighted by Gasteiger charge is 2.28. The zero-order valence-corrected chi connectivity index (χ0v) is 18.7. The van der Waals surface area contributed by atoms with Gasteiger partial charge >= 0.3 is 5.69 Å². The van der Waals surface area contributed by atoms with Crippen molar-refractivity contribution in [3.05, 3.63) is 90.6 Å². The zero-order valence-electron chi connectivity index (χ0n) is 17.9. The molecule has 9 nitrogen and oxygen atoms in total. The molecule has 0 bridgehead atoms. The maximum absolute atomic E-state index is 12.8. The van der Waals surface area contributed by atoms with Crippen LogP contribution in [0.3, 0.4) is 0 Å². The van der Waals surface area contributed by atoms with Gasteiger partial charge in [0, 0.05) is 35.2 Å². The van der Waals surface area contributed by atoms with Crippen LogP contribution in [-0.4, -0.2) is 25.3 Å². The van der Waals surface area contributed by atoms with Crippen LogP contribution >= 0.6 is 11.8 Å². The third-order valence-corrected chi connectivity index (χ3v) is 6.74. The number of nitro groups is 1. The minimum Gasteiger partial charge on any atom is -0.494 e. The quantitative estimate of drug-likeness (QED) is 0.411. The molecular formula is C23H22N4O5S. The summed E-state index contributed by atoms with van der Waals surface area (Å²) in [7, 11) is 0. The Hall–Kier alpha value is -3.66. The van der Waals surface area contributed by atoms with Gasteiger partial charge in [0.2, 0.25) is 5.88 Å². The minimum atomic E-state index is -0.717. The van der Waals surface area contributed by atoms with Gasteiger partial charge in [0.1, 0.15) is 5.56 Å². The van der Waals surface area contributed by atoms with Crippen molar-refractivity contribution >= 4 is 28.8 Å². The van der Waals surface area contributed by atoms with Crippen LogP contribution in [0.25, 0.3) is 0 Å². The minimum absolute atomic E-state index is 0.0297. The third kappa shape index (κ3) is 4.61. The fourth-order valence-electron chi connectivity index (χ4n) is 3.74. The Bertz CT molecular complexity index is 1360. The standard InChI is InChI=1S/C23H22N4O5S/c1-2-3-11-26-22(29)20(21(28)25-23(26)30)17-13-19(14-7-6-8-15(12-14)27(31)32)33-18-10-5-4-9-16(18)24-17/h4-10,12,19,29H,2-3,11,13H2,1H3,(H,25,28,30)/t19-/m1/s1. The van der Waals surface area contributed by atoms with Crippen molar-refractivity contribution in [3.63, 3.8) is 0 Å². The molecule has 33 heavy (non-hydrogen) atoms. The molecule has 170 valence electrons. The summed E-state index contributed by atoms with van der Waals surface area (Å²) in [4.78, 5) is 43.8. The first kappa shape index (κ1) is 22.5. The molecule has 1 aromatic heterocycles. The maximum atomic E-state index is 12.8. The molecule has 10 heteroatoms. The number of nitrogens with one attached hydrogen (secondary N) is 1. The number of aromatic nitrogens is 2. The van der Waals surface area contributed by atoms with E-state index >= 15 is 0 Å². The van der Waals surface area contributed by atoms with E-state index in [2.05, 4.69) is 9.98 Å². The molecule has 0 saturated heterocycles. The molecule has 0 aliphatic carbocycles. The number of benzene rings is 2. The van der Waals surface area contributed by atoms with Crippen molar-refractivity contribution < 1.29 is 10.0 Å². The van der Waals surface area contributed by atoms with Crippen molar-refractivity contribution in [2.75, 3.05) is 0 Å². The van der Waals surface area contributed by atoms with Gasteiger partial charge in [0.05, 0.1) is 16.3 Å². The zero-order chi connectivity index (χ0) is 23.5. The summed E-state index contributed by atoms with van der Waals surface area (Å²) >= 11 is 1.48. The number of nitrogens with zero attached hydrogens (tertiary/aromatic N) is 3. The lowest BCUT2D eigenvalue weighted by molar-refractivity contribution is -0.384. The SMILES string of the molecule is CCCCn1c(O)c(C2=Nc3ccccc3S[C@@H](c3cccc([N+](=O)[O-])c3)C2)c(=O)[nH]c1=O. The normalized spacial score (nSPS) is 15.4. The highest BCUT2D eigenvalue weighted by Crippen LogP contribution is 2.46. The highest BCUT2D eigenvalue weighted by atomic mass is 32.2. The largest absolute Gasteiger partial charge is 0.494 e. The predicted molar refractivity (Wildman–Crippen MR) is 127 cm³/mol. The Balaban J connectivity index is 1.87. The number of hydrogen-bond donors (Lipinski definition) is 2. The average molecular weight is 467 g/mol. The van der Waals surface area contributed by atoms with Gasteiger partial charge in [-0.3, -0.25) is 29.5 Å². The van der Waals surface area contributed by atoms with Crippen LogP contribution in [0.4, 0.5) is 11.4 Å². The van der Waals surface area contributed by atoms with E-state index in [0.29, 0.717) is 23.4 Å². The Labute approximate surface area is 193 Å². The van der Waals surface area contributed by atoms with Gasteiger partial charge in [0.15, 0.2) is 0 Å². The third-order valence-electron chi connectivity index (χ3n) is 5.42. The molecule has 4 rings (SSSR count). The van der Waals surface area contributed by atoms with Gasteiger partial charge in [-0.15, -0.1) is 11.8 Å². The van der Waals surface area contributed by atoms with Gasteiger partial charge in [-0.25, -0.2) is 4.79 Å². The number of thioether (sulfide) groups is 1. The molecule has 2 heterocycles. The van der Waals surface area contributed by atoms with Crippen molar-refractivity contribution in [1.82, 2.24) is 9.55 Å². The molecule has 1 aliphatic rings. The molecule has 0 unspecified atom stereocenters. The van der Waals surface area contributed by atoms with E-state index in [4.69, 9.17) is 0 Å². The topological polar surface area (TPSA) is 131 Å². The van der Waals surface area contributed by atoms with Crippen molar-refractivity contribution in [2.45, 2.75) is 42.9 Å². The van der Waals surface area contributed by atoms with Gasteiger partial charge < -0.3 is 5.11 Å². The summed E-state index contributed by atoms with van der Waals surface area (Å²) in [5.74, 6) is -0.418. The molecule has 2 aromatic carbocycles. The molecule has 0 radical (unpaired) electrons. The number of aliphatic imine (C=N–C) groups is 1. The summed E-state index contributed by atoms with van der Waals surface area (Å²) in [5, 5.41) is 21.9. The van der Waals surface area contributed by atoms with E-state index in [0.717, 1.165) is 15.9 Å². The van der Waals surface area contributed by atoms with E-state index < -0.39 is 22.1 Å². The Morgan fingerprint density at radius 3 is 2.79 bits per heavy atom. The molecule has 0 saturated carbocycles. The van der Waals surface area contributed by atoms with Crippen LogP contribution in [0.2, 0.25) is 0 Å². The first-order chi connectivity index (χ1) is 15.9. The van der Waals surface area contributed by atoms with Crippen molar-refractivity contribution in [1.29, 1.82) is 0 Å². The lowest BCUT2D eigenvalue weighted by Crippen LogP contribution is -2.34. The number of fused-ring (bicyclic) bond motifs is 1. The van der Waals surface area contributed by atoms with Crippen LogP contribution in [0.1, 0.15) is 42.6 Å². The molecule has 0 spiro atoms. The molecule has 2 N–H and O–H groups in total. The Kier molecular flexibility index (Phi) is 6.45. The molecular weight excluding hydrogens is 444 g/mol. The molecule has 0 amide bonds. The van der Waals surface area contributed by atoms with E-state index in [1.807, 2.05) is 25.1 Å². The lowest BCUT2D eigenvalue weighted by Gasteiger charge is -2.17. The fourth-order valence-corrected chi connectivity index (χ4v) is 4.96. The second kappa shape index (κ2) is 9.45. The van der Waals surface area contributed by atoms with Gasteiger partial charge in [-0.2, -0.15) is 0 Å². The van der Waals surface area contributed by atoms with Crippen LogP contribution < -0.4 is 11.2 Å². The monoisotopic (exact) mass is 466 g/mol. The van der Waals surface area contributed by atoms with Gasteiger partial charge in [-0.1, -0.05) is 37.6 Å². The number of para-hydroxylation sites is 1. The van der Waals surface area contributed by atoms with Crippen LogP contribution in [0.5, 0.6) is 5.88 Å². The number of non-ortho nitro benzene ring substituents is 1. The van der Waals surface area contributed by atoms with Crippen molar-refractivity contribution in [3.8, 4) is 5.88 Å². The molecule has 0 fully saturated rings. The van der Waals surface area contributed by atoms with Crippen LogP contribution in [-0.2, 0) is 6.54 Å². The second-order valence-corrected chi connectivity index (χ2v) is 8.90. The van der Waals surface area contributed by atoms with E-state index in [9.17, 15) is 24.8 Å². The maximum Gasteiger partial charge on any atom is 0.331 e. The number of rotatable bonds is 6. The number of H-pyrrole nitrogens is 1. The summed E-state index contributed by atoms with van der Waals surface area (Å²) in [6.07, 6.45) is 1.68. The number of aromatic hydroxyl groups is 1. The summed E-state index contributed by atoms with van der Waals surface area (Å²) in [6, 6.07) is 13.7. The fraction of sp³-hybridized carbons (Fsp3) is 0.261. The van der Waals surface area contributed by atoms with E-state index in [1.54, 1.807) is 18.2 Å². The van der Waals surface area contributed by atoms with Crippen LogP contribution in [0.15, 0.2) is 68.0 Å². The average Bonchev–Trinajstić information content (AvgIpc) is 2.98. The smallest absolute Gasteiger partial charge is 0.331 e. The number of hydrogen-bond acceptors (Lipinski definition) is 7. The second-order valence-electron chi connectivity index (χ2n) is 7.65.